The van der Waals surface area contributed by atoms with Crippen LogP contribution in [0.2, 0.25) is 0 Å². The Morgan fingerprint density at radius 1 is 1.14 bits per heavy atom. The molecule has 0 saturated heterocycles. The van der Waals surface area contributed by atoms with Gasteiger partial charge in [0.25, 0.3) is 0 Å². The smallest absolute Gasteiger partial charge is 0.147 e. The zero-order valence-corrected chi connectivity index (χ0v) is 14.0. The fraction of sp³-hybridized carbons (Fsp3) is 0.647. The van der Waals surface area contributed by atoms with Gasteiger partial charge in [0.2, 0.25) is 0 Å². The van der Waals surface area contributed by atoms with E-state index in [1.807, 2.05) is 13.1 Å². The summed E-state index contributed by atoms with van der Waals surface area (Å²) in [5, 5.41) is 3.42. The molecular formula is C17H27NO2S. The highest BCUT2D eigenvalue weighted by atomic mass is 32.2. The first-order valence-electron chi connectivity index (χ1n) is 7.88. The minimum absolute atomic E-state index is 0.0823. The van der Waals surface area contributed by atoms with E-state index in [0.29, 0.717) is 6.42 Å². The van der Waals surface area contributed by atoms with Crippen LogP contribution in [0.1, 0.15) is 44.1 Å². The van der Waals surface area contributed by atoms with Gasteiger partial charge in [-0.15, -0.1) is 0 Å². The highest BCUT2D eigenvalue weighted by molar-refractivity contribution is 7.90. The van der Waals surface area contributed by atoms with Crippen LogP contribution in [0.25, 0.3) is 0 Å². The Labute approximate surface area is 129 Å². The normalized spacial score (nSPS) is 20.1. The predicted molar refractivity (Wildman–Crippen MR) is 88.4 cm³/mol. The Morgan fingerprint density at radius 2 is 1.76 bits per heavy atom. The minimum atomic E-state index is -2.92. The molecule has 1 fully saturated rings. The standard InChI is InChI=1S/C17H27NO2S/c1-18-16(11-14-21(2,19)20)17(12-7-4-8-13-17)15-9-5-3-6-10-15/h3,5-6,9-10,16,18H,4,7-8,11-14H2,1-2H3. The highest BCUT2D eigenvalue weighted by Gasteiger charge is 2.40. The third-order valence-electron chi connectivity index (χ3n) is 4.89. The van der Waals surface area contributed by atoms with Crippen molar-refractivity contribution in [3.05, 3.63) is 35.9 Å². The van der Waals surface area contributed by atoms with Crippen molar-refractivity contribution in [3.8, 4) is 0 Å². The Hall–Kier alpha value is -0.870. The van der Waals surface area contributed by atoms with E-state index in [9.17, 15) is 8.42 Å². The summed E-state index contributed by atoms with van der Waals surface area (Å²) in [7, 11) is -0.952. The van der Waals surface area contributed by atoms with Crippen LogP contribution in [0.5, 0.6) is 0 Å². The second-order valence-corrected chi connectivity index (χ2v) is 8.60. The van der Waals surface area contributed by atoms with Gasteiger partial charge in [-0.05, 0) is 31.9 Å². The SMILES string of the molecule is CNC(CCS(C)(=O)=O)C1(c2ccccc2)CCCCC1. The van der Waals surface area contributed by atoms with Crippen LogP contribution >= 0.6 is 0 Å². The molecule has 1 aromatic carbocycles. The van der Waals surface area contributed by atoms with Crippen LogP contribution in [0.4, 0.5) is 0 Å². The minimum Gasteiger partial charge on any atom is -0.316 e. The molecule has 0 radical (unpaired) electrons. The van der Waals surface area contributed by atoms with Crippen LogP contribution in [-0.4, -0.2) is 33.5 Å². The van der Waals surface area contributed by atoms with Crippen LogP contribution in [0.15, 0.2) is 30.3 Å². The molecule has 1 aliphatic carbocycles. The number of hydrogen-bond donors (Lipinski definition) is 1. The molecule has 3 nitrogen and oxygen atoms in total. The molecular weight excluding hydrogens is 282 g/mol. The van der Waals surface area contributed by atoms with Gasteiger partial charge in [0.1, 0.15) is 9.84 Å². The van der Waals surface area contributed by atoms with Crippen molar-refractivity contribution >= 4 is 9.84 Å². The van der Waals surface area contributed by atoms with Crippen molar-refractivity contribution in [1.29, 1.82) is 0 Å². The maximum Gasteiger partial charge on any atom is 0.147 e. The Morgan fingerprint density at radius 3 is 2.29 bits per heavy atom. The van der Waals surface area contributed by atoms with E-state index in [1.165, 1.54) is 31.1 Å². The molecule has 1 N–H and O–H groups in total. The summed E-state index contributed by atoms with van der Waals surface area (Å²) < 4.78 is 23.1. The second kappa shape index (κ2) is 6.93. The van der Waals surface area contributed by atoms with Gasteiger partial charge >= 0.3 is 0 Å². The van der Waals surface area contributed by atoms with Crippen molar-refractivity contribution in [3.63, 3.8) is 0 Å². The molecule has 0 spiro atoms. The number of sulfone groups is 1. The van der Waals surface area contributed by atoms with Gasteiger partial charge in [-0.25, -0.2) is 8.42 Å². The fourth-order valence-corrected chi connectivity index (χ4v) is 4.48. The van der Waals surface area contributed by atoms with Crippen LogP contribution in [-0.2, 0) is 15.3 Å². The third-order valence-corrected chi connectivity index (χ3v) is 5.86. The zero-order valence-electron chi connectivity index (χ0n) is 13.1. The average Bonchev–Trinajstić information content (AvgIpc) is 2.48. The predicted octanol–water partition coefficient (Wildman–Crippen LogP) is 2.91. The molecule has 4 heteroatoms. The topological polar surface area (TPSA) is 46.2 Å². The van der Waals surface area contributed by atoms with Crippen molar-refractivity contribution in [2.24, 2.45) is 0 Å². The quantitative estimate of drug-likeness (QED) is 0.879. The molecule has 0 amide bonds. The second-order valence-electron chi connectivity index (χ2n) is 6.34. The summed E-state index contributed by atoms with van der Waals surface area (Å²) in [6.07, 6.45) is 8.05. The maximum absolute atomic E-state index is 11.5. The van der Waals surface area contributed by atoms with Gasteiger partial charge < -0.3 is 5.32 Å². The number of hydrogen-bond acceptors (Lipinski definition) is 3. The maximum atomic E-state index is 11.5. The molecule has 2 rings (SSSR count). The molecule has 1 aliphatic rings. The van der Waals surface area contributed by atoms with E-state index < -0.39 is 9.84 Å². The lowest BCUT2D eigenvalue weighted by atomic mass is 9.64. The Bertz CT molecular complexity index is 533. The largest absolute Gasteiger partial charge is 0.316 e. The number of nitrogens with one attached hydrogen (secondary N) is 1. The van der Waals surface area contributed by atoms with Crippen LogP contribution < -0.4 is 5.32 Å². The molecule has 0 aliphatic heterocycles. The van der Waals surface area contributed by atoms with Crippen LogP contribution in [0.3, 0.4) is 0 Å². The number of likely N-dealkylation sites (N-methyl/N-ethyl adjacent to an activating group) is 1. The van der Waals surface area contributed by atoms with E-state index in [2.05, 4.69) is 29.6 Å². The Balaban J connectivity index is 2.29. The summed E-state index contributed by atoms with van der Waals surface area (Å²) in [6.45, 7) is 0. The van der Waals surface area contributed by atoms with Gasteiger partial charge in [-0.2, -0.15) is 0 Å². The average molecular weight is 309 g/mol. The molecule has 21 heavy (non-hydrogen) atoms. The first-order chi connectivity index (χ1) is 9.98. The van der Waals surface area contributed by atoms with Crippen molar-refractivity contribution in [2.75, 3.05) is 19.1 Å². The van der Waals surface area contributed by atoms with Gasteiger partial charge in [0.05, 0.1) is 5.75 Å². The fourth-order valence-electron chi connectivity index (χ4n) is 3.82. The lowest BCUT2D eigenvalue weighted by molar-refractivity contribution is 0.215. The molecule has 118 valence electrons. The van der Waals surface area contributed by atoms with E-state index in [4.69, 9.17) is 0 Å². The van der Waals surface area contributed by atoms with Gasteiger partial charge in [-0.1, -0.05) is 49.6 Å². The van der Waals surface area contributed by atoms with E-state index in [-0.39, 0.29) is 17.2 Å². The van der Waals surface area contributed by atoms with Gasteiger partial charge in [-0.3, -0.25) is 0 Å². The monoisotopic (exact) mass is 309 g/mol. The molecule has 0 aromatic heterocycles. The summed E-state index contributed by atoms with van der Waals surface area (Å²) in [4.78, 5) is 0. The summed E-state index contributed by atoms with van der Waals surface area (Å²) in [5.74, 6) is 0.257. The molecule has 1 saturated carbocycles. The molecule has 1 unspecified atom stereocenters. The van der Waals surface area contributed by atoms with Crippen molar-refractivity contribution in [2.45, 2.75) is 50.0 Å². The van der Waals surface area contributed by atoms with Crippen molar-refractivity contribution < 1.29 is 8.42 Å². The first-order valence-corrected chi connectivity index (χ1v) is 9.94. The third kappa shape index (κ3) is 4.07. The molecule has 0 bridgehead atoms. The Kier molecular flexibility index (Phi) is 5.44. The van der Waals surface area contributed by atoms with Gasteiger partial charge in [0.15, 0.2) is 0 Å². The summed E-state index contributed by atoms with van der Waals surface area (Å²) >= 11 is 0. The molecule has 1 atom stereocenters. The van der Waals surface area contributed by atoms with Gasteiger partial charge in [0, 0.05) is 17.7 Å². The van der Waals surface area contributed by atoms with E-state index in [0.717, 1.165) is 12.8 Å². The zero-order chi connectivity index (χ0) is 15.3. The lowest BCUT2D eigenvalue weighted by Gasteiger charge is -2.44. The lowest BCUT2D eigenvalue weighted by Crippen LogP contribution is -2.49. The molecule has 0 heterocycles. The summed E-state index contributed by atoms with van der Waals surface area (Å²) in [6, 6.07) is 10.9. The molecule has 1 aromatic rings. The van der Waals surface area contributed by atoms with E-state index in [1.54, 1.807) is 0 Å². The van der Waals surface area contributed by atoms with Crippen LogP contribution in [0, 0.1) is 0 Å². The number of benzene rings is 1. The number of rotatable bonds is 6. The first kappa shape index (κ1) is 16.5. The van der Waals surface area contributed by atoms with E-state index >= 15 is 0 Å². The van der Waals surface area contributed by atoms with Crippen molar-refractivity contribution in [1.82, 2.24) is 5.32 Å². The summed E-state index contributed by atoms with van der Waals surface area (Å²) in [5.41, 5.74) is 1.44. The highest BCUT2D eigenvalue weighted by Crippen LogP contribution is 2.43.